The zero-order valence-corrected chi connectivity index (χ0v) is 15.4. The number of anilines is 1. The summed E-state index contributed by atoms with van der Waals surface area (Å²) in [6, 6.07) is 3.93. The molecule has 3 aromatic heterocycles. The Balaban J connectivity index is 1.47. The summed E-state index contributed by atoms with van der Waals surface area (Å²) in [6.07, 6.45) is 9.20. The fraction of sp³-hybridized carbons (Fsp3) is 0.368. The van der Waals surface area contributed by atoms with E-state index in [1.807, 2.05) is 18.3 Å². The summed E-state index contributed by atoms with van der Waals surface area (Å²) < 4.78 is 0. The third-order valence-electron chi connectivity index (χ3n) is 5.15. The largest absolute Gasteiger partial charge is 0.352 e. The lowest BCUT2D eigenvalue weighted by atomic mass is 10.2. The van der Waals surface area contributed by atoms with E-state index in [1.54, 1.807) is 12.4 Å². The molecule has 0 radical (unpaired) electrons. The Morgan fingerprint density at radius 2 is 2.19 bits per heavy atom. The van der Waals surface area contributed by atoms with Crippen molar-refractivity contribution in [1.82, 2.24) is 25.3 Å². The number of carbonyl (C=O) groups excluding carboxylic acids is 1. The number of aromatic nitrogens is 4. The van der Waals surface area contributed by atoms with Crippen molar-refractivity contribution in [2.24, 2.45) is 0 Å². The molecule has 2 N–H and O–H groups in total. The topological polar surface area (TPSA) is 86.8 Å². The summed E-state index contributed by atoms with van der Waals surface area (Å²) >= 11 is 6.10. The highest BCUT2D eigenvalue weighted by molar-refractivity contribution is 6.31. The van der Waals surface area contributed by atoms with E-state index in [2.05, 4.69) is 25.2 Å². The molecule has 1 amide bonds. The molecule has 1 atom stereocenters. The average Bonchev–Trinajstić information content (AvgIpc) is 3.20. The van der Waals surface area contributed by atoms with Gasteiger partial charge < -0.3 is 15.2 Å². The number of nitrogens with zero attached hydrogens (tertiary/aromatic N) is 4. The van der Waals surface area contributed by atoms with Crippen molar-refractivity contribution in [2.75, 3.05) is 11.4 Å². The fourth-order valence-electron chi connectivity index (χ4n) is 3.64. The van der Waals surface area contributed by atoms with Crippen molar-refractivity contribution in [1.29, 1.82) is 0 Å². The maximum absolute atomic E-state index is 12.6. The van der Waals surface area contributed by atoms with Gasteiger partial charge in [0.2, 0.25) is 5.91 Å². The van der Waals surface area contributed by atoms with E-state index in [9.17, 15) is 4.79 Å². The molecule has 2 aliphatic rings. The van der Waals surface area contributed by atoms with E-state index in [1.165, 1.54) is 0 Å². The quantitative estimate of drug-likeness (QED) is 0.724. The number of hydrogen-bond donors (Lipinski definition) is 2. The van der Waals surface area contributed by atoms with Gasteiger partial charge in [0.25, 0.3) is 0 Å². The highest BCUT2D eigenvalue weighted by Gasteiger charge is 2.34. The SMILES string of the molecule is O=C(NC1CC1)C1CCCN1c1ccnc(-c2c[nH]c3ncc(Cl)cc23)n1. The van der Waals surface area contributed by atoms with Gasteiger partial charge in [-0.3, -0.25) is 4.79 Å². The van der Waals surface area contributed by atoms with Crippen molar-refractivity contribution in [2.45, 2.75) is 37.8 Å². The number of nitrogens with one attached hydrogen (secondary N) is 2. The Morgan fingerprint density at radius 3 is 3.04 bits per heavy atom. The minimum absolute atomic E-state index is 0.109. The van der Waals surface area contributed by atoms with Crippen LogP contribution in [0, 0.1) is 0 Å². The van der Waals surface area contributed by atoms with Gasteiger partial charge in [0, 0.05) is 42.1 Å². The van der Waals surface area contributed by atoms with Crippen LogP contribution in [0.2, 0.25) is 5.02 Å². The molecule has 1 saturated heterocycles. The first kappa shape index (κ1) is 16.5. The van der Waals surface area contributed by atoms with E-state index in [0.29, 0.717) is 16.9 Å². The standard InChI is InChI=1S/C19H19ClN6O/c20-11-8-13-14(10-23-17(13)22-9-11)18-21-6-5-16(25-18)26-7-1-2-15(26)19(27)24-12-3-4-12/h5-6,8-10,12,15H,1-4,7H2,(H,22,23)(H,24,27). The number of fused-ring (bicyclic) bond motifs is 1. The maximum atomic E-state index is 12.6. The van der Waals surface area contributed by atoms with E-state index in [0.717, 1.165) is 54.6 Å². The lowest BCUT2D eigenvalue weighted by Gasteiger charge is -2.25. The molecule has 1 saturated carbocycles. The molecule has 27 heavy (non-hydrogen) atoms. The molecule has 4 heterocycles. The van der Waals surface area contributed by atoms with Crippen LogP contribution in [-0.4, -0.2) is 44.5 Å². The molecule has 138 valence electrons. The van der Waals surface area contributed by atoms with E-state index < -0.39 is 0 Å². The molecule has 1 aliphatic carbocycles. The molecule has 8 heteroatoms. The van der Waals surface area contributed by atoms with Crippen molar-refractivity contribution < 1.29 is 4.79 Å². The van der Waals surface area contributed by atoms with Gasteiger partial charge in [0.05, 0.1) is 5.02 Å². The molecule has 1 aliphatic heterocycles. The third kappa shape index (κ3) is 3.12. The predicted octanol–water partition coefficient (Wildman–Crippen LogP) is 2.92. The molecule has 2 fully saturated rings. The van der Waals surface area contributed by atoms with Gasteiger partial charge >= 0.3 is 0 Å². The molecule has 5 rings (SSSR count). The smallest absolute Gasteiger partial charge is 0.242 e. The van der Waals surface area contributed by atoms with Crippen LogP contribution >= 0.6 is 11.6 Å². The molecule has 1 unspecified atom stereocenters. The molecule has 0 bridgehead atoms. The highest BCUT2D eigenvalue weighted by atomic mass is 35.5. The number of H-pyrrole nitrogens is 1. The van der Waals surface area contributed by atoms with Gasteiger partial charge in [-0.1, -0.05) is 11.6 Å². The van der Waals surface area contributed by atoms with Gasteiger partial charge in [-0.15, -0.1) is 0 Å². The Hall–Kier alpha value is -2.67. The van der Waals surface area contributed by atoms with Crippen LogP contribution < -0.4 is 10.2 Å². The first-order valence-electron chi connectivity index (χ1n) is 9.22. The van der Waals surface area contributed by atoms with Crippen LogP contribution in [0.3, 0.4) is 0 Å². The first-order chi connectivity index (χ1) is 13.2. The summed E-state index contributed by atoms with van der Waals surface area (Å²) in [4.78, 5) is 31.3. The monoisotopic (exact) mass is 382 g/mol. The molecular weight excluding hydrogens is 364 g/mol. The fourth-order valence-corrected chi connectivity index (χ4v) is 3.80. The highest BCUT2D eigenvalue weighted by Crippen LogP contribution is 2.30. The minimum Gasteiger partial charge on any atom is -0.352 e. The zero-order valence-electron chi connectivity index (χ0n) is 14.7. The van der Waals surface area contributed by atoms with Crippen molar-refractivity contribution in [3.8, 4) is 11.4 Å². The lowest BCUT2D eigenvalue weighted by molar-refractivity contribution is -0.122. The van der Waals surface area contributed by atoms with Crippen LogP contribution in [0.15, 0.2) is 30.7 Å². The Bertz CT molecular complexity index is 1010. The average molecular weight is 383 g/mol. The van der Waals surface area contributed by atoms with Crippen molar-refractivity contribution >= 4 is 34.4 Å². The number of aromatic amines is 1. The Morgan fingerprint density at radius 1 is 1.30 bits per heavy atom. The summed E-state index contributed by atoms with van der Waals surface area (Å²) in [7, 11) is 0. The number of hydrogen-bond acceptors (Lipinski definition) is 5. The van der Waals surface area contributed by atoms with Crippen LogP contribution in [0.1, 0.15) is 25.7 Å². The molecule has 0 aromatic carbocycles. The number of halogens is 1. The van der Waals surface area contributed by atoms with Crippen LogP contribution in [0.25, 0.3) is 22.4 Å². The predicted molar refractivity (Wildman–Crippen MR) is 104 cm³/mol. The van der Waals surface area contributed by atoms with E-state index >= 15 is 0 Å². The molecule has 7 nitrogen and oxygen atoms in total. The molecule has 0 spiro atoms. The van der Waals surface area contributed by atoms with Gasteiger partial charge in [-0.25, -0.2) is 15.0 Å². The van der Waals surface area contributed by atoms with Crippen molar-refractivity contribution in [3.05, 3.63) is 35.7 Å². The second kappa shape index (κ2) is 6.49. The van der Waals surface area contributed by atoms with Crippen LogP contribution in [-0.2, 0) is 4.79 Å². The van der Waals surface area contributed by atoms with E-state index in [-0.39, 0.29) is 11.9 Å². The van der Waals surface area contributed by atoms with Crippen LogP contribution in [0.4, 0.5) is 5.82 Å². The minimum atomic E-state index is -0.160. The van der Waals surface area contributed by atoms with Gasteiger partial charge in [-0.05, 0) is 37.8 Å². The third-order valence-corrected chi connectivity index (χ3v) is 5.36. The molecular formula is C19H19ClN6O. The summed E-state index contributed by atoms with van der Waals surface area (Å²) in [5, 5.41) is 4.56. The van der Waals surface area contributed by atoms with Crippen molar-refractivity contribution in [3.63, 3.8) is 0 Å². The second-order valence-corrected chi connectivity index (χ2v) is 7.56. The van der Waals surface area contributed by atoms with Gasteiger partial charge in [0.1, 0.15) is 17.5 Å². The lowest BCUT2D eigenvalue weighted by Crippen LogP contribution is -2.44. The number of rotatable bonds is 4. The summed E-state index contributed by atoms with van der Waals surface area (Å²) in [5.41, 5.74) is 1.59. The zero-order chi connectivity index (χ0) is 18.4. The molecule has 3 aromatic rings. The van der Waals surface area contributed by atoms with Gasteiger partial charge in [0.15, 0.2) is 5.82 Å². The second-order valence-electron chi connectivity index (χ2n) is 7.12. The Labute approximate surface area is 161 Å². The van der Waals surface area contributed by atoms with E-state index in [4.69, 9.17) is 16.6 Å². The first-order valence-corrected chi connectivity index (χ1v) is 9.60. The summed E-state index contributed by atoms with van der Waals surface area (Å²) in [6.45, 7) is 0.820. The maximum Gasteiger partial charge on any atom is 0.242 e. The number of amides is 1. The number of pyridine rings is 1. The van der Waals surface area contributed by atoms with Gasteiger partial charge in [-0.2, -0.15) is 0 Å². The normalized spacial score (nSPS) is 19.6. The Kier molecular flexibility index (Phi) is 3.97. The van der Waals surface area contributed by atoms with Crippen LogP contribution in [0.5, 0.6) is 0 Å². The summed E-state index contributed by atoms with van der Waals surface area (Å²) in [5.74, 6) is 1.48. The number of carbonyl (C=O) groups is 1.